The molecule has 1 heterocycles. The summed E-state index contributed by atoms with van der Waals surface area (Å²) in [7, 11) is -4.08. The van der Waals surface area contributed by atoms with E-state index in [2.05, 4.69) is 0 Å². The fourth-order valence-electron chi connectivity index (χ4n) is 2.34. The average Bonchev–Trinajstić information content (AvgIpc) is 2.45. The monoisotopic (exact) mass is 319 g/mol. The van der Waals surface area contributed by atoms with Crippen LogP contribution in [-0.4, -0.2) is 31.5 Å². The van der Waals surface area contributed by atoms with Gasteiger partial charge in [-0.2, -0.15) is 17.5 Å². The van der Waals surface area contributed by atoms with Crippen LogP contribution in [0.25, 0.3) is 6.08 Å². The normalized spacial score (nSPS) is 21.8. The van der Waals surface area contributed by atoms with Crippen molar-refractivity contribution in [1.82, 2.24) is 4.31 Å². The van der Waals surface area contributed by atoms with Gasteiger partial charge in [0.1, 0.15) is 6.04 Å². The quantitative estimate of drug-likeness (QED) is 0.856. The summed E-state index contributed by atoms with van der Waals surface area (Å²) in [6.45, 7) is -0.0916. The number of halogens is 3. The first kappa shape index (κ1) is 16.0. The number of sulfonamides is 1. The van der Waals surface area contributed by atoms with Crippen molar-refractivity contribution in [3.63, 3.8) is 0 Å². The lowest BCUT2D eigenvalue weighted by atomic mass is 10.1. The molecule has 21 heavy (non-hydrogen) atoms. The third-order valence-corrected chi connectivity index (χ3v) is 4.96. The third-order valence-electron chi connectivity index (χ3n) is 3.39. The molecule has 0 bridgehead atoms. The molecule has 1 saturated heterocycles. The van der Waals surface area contributed by atoms with Crippen molar-refractivity contribution in [2.45, 2.75) is 31.5 Å². The molecule has 1 atom stereocenters. The summed E-state index contributed by atoms with van der Waals surface area (Å²) in [5, 5.41) is 0.854. The molecule has 0 aliphatic carbocycles. The fraction of sp³-hybridized carbons (Fsp3) is 0.429. The lowest BCUT2D eigenvalue weighted by Gasteiger charge is -2.34. The lowest BCUT2D eigenvalue weighted by molar-refractivity contribution is -0.177. The Kier molecular flexibility index (Phi) is 4.73. The van der Waals surface area contributed by atoms with Gasteiger partial charge < -0.3 is 0 Å². The summed E-state index contributed by atoms with van der Waals surface area (Å²) in [4.78, 5) is 0. The van der Waals surface area contributed by atoms with Gasteiger partial charge in [0.15, 0.2) is 0 Å². The van der Waals surface area contributed by atoms with Crippen molar-refractivity contribution >= 4 is 16.1 Å². The van der Waals surface area contributed by atoms with Gasteiger partial charge in [0, 0.05) is 12.0 Å². The Morgan fingerprint density at radius 2 is 1.81 bits per heavy atom. The van der Waals surface area contributed by atoms with Gasteiger partial charge in [0.05, 0.1) is 0 Å². The molecule has 0 N–H and O–H groups in total. The van der Waals surface area contributed by atoms with E-state index in [-0.39, 0.29) is 13.0 Å². The number of alkyl halides is 3. The first-order valence-corrected chi connectivity index (χ1v) is 8.13. The Labute approximate surface area is 122 Å². The first-order valence-electron chi connectivity index (χ1n) is 6.62. The maximum absolute atomic E-state index is 13.0. The van der Waals surface area contributed by atoms with E-state index in [4.69, 9.17) is 0 Å². The fourth-order valence-corrected chi connectivity index (χ4v) is 3.79. The Bertz CT molecular complexity index is 596. The molecule has 1 aliphatic heterocycles. The standard InChI is InChI=1S/C14H16F3NO2S/c15-14(16,17)13-8-4-5-10-18(13)21(19,20)11-9-12-6-2-1-3-7-12/h1-3,6-7,9,11,13H,4-5,8,10H2. The van der Waals surface area contributed by atoms with Crippen molar-refractivity contribution in [3.8, 4) is 0 Å². The van der Waals surface area contributed by atoms with Gasteiger partial charge in [-0.15, -0.1) is 0 Å². The highest BCUT2D eigenvalue weighted by molar-refractivity contribution is 7.92. The zero-order valence-electron chi connectivity index (χ0n) is 11.3. The minimum absolute atomic E-state index is 0.0916. The Morgan fingerprint density at radius 3 is 2.43 bits per heavy atom. The van der Waals surface area contributed by atoms with E-state index >= 15 is 0 Å². The molecule has 7 heteroatoms. The predicted molar refractivity (Wildman–Crippen MR) is 74.8 cm³/mol. The minimum atomic E-state index is -4.53. The van der Waals surface area contributed by atoms with Gasteiger partial charge in [-0.3, -0.25) is 0 Å². The Hall–Kier alpha value is -1.34. The van der Waals surface area contributed by atoms with E-state index in [0.29, 0.717) is 22.7 Å². The number of nitrogens with zero attached hydrogens (tertiary/aromatic N) is 1. The second-order valence-corrected chi connectivity index (χ2v) is 6.69. The summed E-state index contributed by atoms with van der Waals surface area (Å²) < 4.78 is 63.7. The summed E-state index contributed by atoms with van der Waals surface area (Å²) in [6, 6.07) is 6.68. The summed E-state index contributed by atoms with van der Waals surface area (Å²) in [5.74, 6) is 0. The molecule has 0 amide bonds. The molecule has 0 spiro atoms. The highest BCUT2D eigenvalue weighted by Crippen LogP contribution is 2.33. The van der Waals surface area contributed by atoms with Crippen LogP contribution >= 0.6 is 0 Å². The van der Waals surface area contributed by atoms with Gasteiger partial charge in [-0.25, -0.2) is 8.42 Å². The molecule has 1 fully saturated rings. The maximum Gasteiger partial charge on any atom is 0.405 e. The van der Waals surface area contributed by atoms with Crippen LogP contribution in [0.2, 0.25) is 0 Å². The molecule has 1 aromatic rings. The molecule has 0 aromatic heterocycles. The van der Waals surface area contributed by atoms with E-state index in [0.717, 1.165) is 5.41 Å². The highest BCUT2D eigenvalue weighted by Gasteiger charge is 2.48. The van der Waals surface area contributed by atoms with Crippen molar-refractivity contribution in [1.29, 1.82) is 0 Å². The Balaban J connectivity index is 2.23. The maximum atomic E-state index is 13.0. The second-order valence-electron chi connectivity index (χ2n) is 4.92. The number of hydrogen-bond acceptors (Lipinski definition) is 2. The topological polar surface area (TPSA) is 37.4 Å². The number of benzene rings is 1. The molecule has 1 aromatic carbocycles. The van der Waals surface area contributed by atoms with Crippen LogP contribution in [0.4, 0.5) is 13.2 Å². The molecule has 3 nitrogen and oxygen atoms in total. The first-order chi connectivity index (χ1) is 9.81. The van der Waals surface area contributed by atoms with Crippen LogP contribution in [0.15, 0.2) is 35.7 Å². The van der Waals surface area contributed by atoms with Crippen molar-refractivity contribution in [2.24, 2.45) is 0 Å². The Morgan fingerprint density at radius 1 is 1.14 bits per heavy atom. The van der Waals surface area contributed by atoms with Crippen LogP contribution in [-0.2, 0) is 10.0 Å². The molecule has 116 valence electrons. The average molecular weight is 319 g/mol. The summed E-state index contributed by atoms with van der Waals surface area (Å²) >= 11 is 0. The highest BCUT2D eigenvalue weighted by atomic mass is 32.2. The van der Waals surface area contributed by atoms with Crippen molar-refractivity contribution in [3.05, 3.63) is 41.3 Å². The summed E-state index contributed by atoms with van der Waals surface area (Å²) in [6.07, 6.45) is -2.56. The van der Waals surface area contributed by atoms with Crippen molar-refractivity contribution < 1.29 is 21.6 Å². The van der Waals surface area contributed by atoms with Crippen LogP contribution in [0.1, 0.15) is 24.8 Å². The van der Waals surface area contributed by atoms with E-state index in [1.165, 1.54) is 6.08 Å². The molecule has 2 rings (SSSR count). The zero-order chi connectivity index (χ0) is 15.5. The molecule has 1 unspecified atom stereocenters. The van der Waals surface area contributed by atoms with E-state index in [1.54, 1.807) is 30.3 Å². The van der Waals surface area contributed by atoms with Gasteiger partial charge in [0.25, 0.3) is 0 Å². The van der Waals surface area contributed by atoms with Gasteiger partial charge in [0.2, 0.25) is 10.0 Å². The smallest absolute Gasteiger partial charge is 0.207 e. The second kappa shape index (κ2) is 6.19. The van der Waals surface area contributed by atoms with E-state index in [1.807, 2.05) is 0 Å². The summed E-state index contributed by atoms with van der Waals surface area (Å²) in [5.41, 5.74) is 0.627. The van der Waals surface area contributed by atoms with Gasteiger partial charge >= 0.3 is 6.18 Å². The predicted octanol–water partition coefficient (Wildman–Crippen LogP) is 3.40. The largest absolute Gasteiger partial charge is 0.405 e. The van der Waals surface area contributed by atoms with Crippen LogP contribution in [0.3, 0.4) is 0 Å². The van der Waals surface area contributed by atoms with Crippen LogP contribution < -0.4 is 0 Å². The molecular weight excluding hydrogens is 303 g/mol. The number of hydrogen-bond donors (Lipinski definition) is 0. The number of piperidine rings is 1. The minimum Gasteiger partial charge on any atom is -0.207 e. The van der Waals surface area contributed by atoms with Crippen molar-refractivity contribution in [2.75, 3.05) is 6.54 Å². The van der Waals surface area contributed by atoms with Gasteiger partial charge in [-0.05, 0) is 24.5 Å². The van der Waals surface area contributed by atoms with Gasteiger partial charge in [-0.1, -0.05) is 36.8 Å². The third kappa shape index (κ3) is 4.07. The molecule has 1 aliphatic rings. The molecule has 0 radical (unpaired) electrons. The van der Waals surface area contributed by atoms with Crippen LogP contribution in [0.5, 0.6) is 0 Å². The SMILES string of the molecule is O=S(=O)(C=Cc1ccccc1)N1CCCCC1C(F)(F)F. The lowest BCUT2D eigenvalue weighted by Crippen LogP contribution is -2.50. The van der Waals surface area contributed by atoms with E-state index in [9.17, 15) is 21.6 Å². The number of rotatable bonds is 3. The zero-order valence-corrected chi connectivity index (χ0v) is 12.1. The molecular formula is C14H16F3NO2S. The molecule has 0 saturated carbocycles. The van der Waals surface area contributed by atoms with E-state index < -0.39 is 22.2 Å². The van der Waals surface area contributed by atoms with Crippen LogP contribution in [0, 0.1) is 0 Å².